The third-order valence-electron chi connectivity index (χ3n) is 3.70. The fourth-order valence-corrected chi connectivity index (χ4v) is 2.64. The van der Waals surface area contributed by atoms with Crippen LogP contribution in [0, 0.1) is 11.3 Å². The molecular formula is C15H21N3. The summed E-state index contributed by atoms with van der Waals surface area (Å²) < 4.78 is 0. The molecule has 0 amide bonds. The molecule has 0 aliphatic carbocycles. The third kappa shape index (κ3) is 3.10. The maximum absolute atomic E-state index is 9.13. The maximum atomic E-state index is 9.13. The van der Waals surface area contributed by atoms with Crippen LogP contribution in [0.25, 0.3) is 0 Å². The van der Waals surface area contributed by atoms with Gasteiger partial charge in [-0.15, -0.1) is 0 Å². The lowest BCUT2D eigenvalue weighted by atomic mass is 10.1. The normalized spacial score (nSPS) is 22.4. The smallest absolute Gasteiger partial charge is 0.0995 e. The molecule has 1 heterocycles. The quantitative estimate of drug-likeness (QED) is 0.796. The highest BCUT2D eigenvalue weighted by atomic mass is 15.2. The van der Waals surface area contributed by atoms with E-state index in [4.69, 9.17) is 5.26 Å². The fraction of sp³-hybridized carbons (Fsp3) is 0.533. The maximum Gasteiger partial charge on any atom is 0.0995 e. The molecule has 1 aromatic carbocycles. The molecule has 18 heavy (non-hydrogen) atoms. The van der Waals surface area contributed by atoms with Crippen molar-refractivity contribution in [2.24, 2.45) is 0 Å². The van der Waals surface area contributed by atoms with Gasteiger partial charge in [0.25, 0.3) is 0 Å². The number of nitriles is 1. The first kappa shape index (κ1) is 13.1. The van der Waals surface area contributed by atoms with E-state index in [-0.39, 0.29) is 0 Å². The molecule has 0 saturated carbocycles. The van der Waals surface area contributed by atoms with Crippen molar-refractivity contribution in [3.8, 4) is 6.07 Å². The zero-order valence-electron chi connectivity index (χ0n) is 11.3. The highest BCUT2D eigenvalue weighted by Crippen LogP contribution is 2.15. The van der Waals surface area contributed by atoms with Gasteiger partial charge >= 0.3 is 0 Å². The van der Waals surface area contributed by atoms with E-state index in [1.807, 2.05) is 18.2 Å². The van der Waals surface area contributed by atoms with Crippen LogP contribution in [0.3, 0.4) is 0 Å². The molecule has 1 unspecified atom stereocenters. The van der Waals surface area contributed by atoms with Gasteiger partial charge in [-0.1, -0.05) is 18.2 Å². The molecule has 96 valence electrons. The predicted molar refractivity (Wildman–Crippen MR) is 73.1 cm³/mol. The minimum absolute atomic E-state index is 0.546. The summed E-state index contributed by atoms with van der Waals surface area (Å²) in [5, 5.41) is 9.13. The highest BCUT2D eigenvalue weighted by molar-refractivity contribution is 5.37. The van der Waals surface area contributed by atoms with Crippen LogP contribution >= 0.6 is 0 Å². The number of rotatable bonds is 2. The molecule has 1 fully saturated rings. The summed E-state index contributed by atoms with van der Waals surface area (Å²) >= 11 is 0. The van der Waals surface area contributed by atoms with E-state index in [0.717, 1.165) is 30.8 Å². The molecule has 0 aromatic heterocycles. The topological polar surface area (TPSA) is 30.3 Å². The Morgan fingerprint density at radius 3 is 2.89 bits per heavy atom. The van der Waals surface area contributed by atoms with Gasteiger partial charge in [-0.2, -0.15) is 5.26 Å². The summed E-state index contributed by atoms with van der Waals surface area (Å²) in [6.45, 7) is 6.55. The summed E-state index contributed by atoms with van der Waals surface area (Å²) in [6, 6.07) is 10.8. The molecular weight excluding hydrogens is 222 g/mol. The van der Waals surface area contributed by atoms with E-state index in [1.165, 1.54) is 13.0 Å². The van der Waals surface area contributed by atoms with Crippen molar-refractivity contribution >= 4 is 0 Å². The molecule has 0 spiro atoms. The zero-order chi connectivity index (χ0) is 13.0. The summed E-state index contributed by atoms with van der Waals surface area (Å²) in [5.74, 6) is 0. The molecule has 3 heteroatoms. The molecule has 3 nitrogen and oxygen atoms in total. The molecule has 0 bridgehead atoms. The average Bonchev–Trinajstić information content (AvgIpc) is 2.52. The van der Waals surface area contributed by atoms with Crippen LogP contribution in [0.2, 0.25) is 0 Å². The number of nitrogens with zero attached hydrogens (tertiary/aromatic N) is 3. The fourth-order valence-electron chi connectivity index (χ4n) is 2.64. The Morgan fingerprint density at radius 2 is 2.11 bits per heavy atom. The second-order valence-electron chi connectivity index (χ2n) is 5.20. The van der Waals surface area contributed by atoms with Gasteiger partial charge in [0.15, 0.2) is 0 Å². The average molecular weight is 243 g/mol. The number of hydrogen-bond acceptors (Lipinski definition) is 3. The lowest BCUT2D eigenvalue weighted by Crippen LogP contribution is -2.37. The number of likely N-dealkylation sites (N-methyl/N-ethyl adjacent to an activating group) is 1. The van der Waals surface area contributed by atoms with Crippen molar-refractivity contribution < 1.29 is 0 Å². The minimum Gasteiger partial charge on any atom is -0.305 e. The zero-order valence-corrected chi connectivity index (χ0v) is 11.3. The van der Waals surface area contributed by atoms with E-state index < -0.39 is 0 Å². The summed E-state index contributed by atoms with van der Waals surface area (Å²) in [4.78, 5) is 4.88. The van der Waals surface area contributed by atoms with Crippen molar-refractivity contribution in [1.29, 1.82) is 5.26 Å². The summed E-state index contributed by atoms with van der Waals surface area (Å²) in [5.41, 5.74) is 1.96. The summed E-state index contributed by atoms with van der Waals surface area (Å²) in [7, 11) is 2.18. The summed E-state index contributed by atoms with van der Waals surface area (Å²) in [6.07, 6.45) is 1.20. The molecule has 1 atom stereocenters. The van der Waals surface area contributed by atoms with Crippen LogP contribution in [-0.2, 0) is 6.54 Å². The van der Waals surface area contributed by atoms with Crippen molar-refractivity contribution in [1.82, 2.24) is 9.80 Å². The van der Waals surface area contributed by atoms with E-state index in [9.17, 15) is 0 Å². The van der Waals surface area contributed by atoms with Gasteiger partial charge in [-0.25, -0.2) is 0 Å². The molecule has 1 aliphatic heterocycles. The third-order valence-corrected chi connectivity index (χ3v) is 3.70. The minimum atomic E-state index is 0.546. The predicted octanol–water partition coefficient (Wildman–Crippen LogP) is 2.08. The lowest BCUT2D eigenvalue weighted by molar-refractivity contribution is 0.194. The second kappa shape index (κ2) is 5.99. The van der Waals surface area contributed by atoms with E-state index >= 15 is 0 Å². The Bertz CT molecular complexity index is 436. The molecule has 2 rings (SSSR count). The monoisotopic (exact) mass is 243 g/mol. The van der Waals surface area contributed by atoms with E-state index in [0.29, 0.717) is 6.04 Å². The number of benzene rings is 1. The van der Waals surface area contributed by atoms with Gasteiger partial charge in [0, 0.05) is 25.7 Å². The van der Waals surface area contributed by atoms with Crippen LogP contribution in [0.4, 0.5) is 0 Å². The van der Waals surface area contributed by atoms with Gasteiger partial charge in [-0.05, 0) is 38.6 Å². The van der Waals surface area contributed by atoms with Crippen LogP contribution in [0.15, 0.2) is 24.3 Å². The largest absolute Gasteiger partial charge is 0.305 e. The standard InChI is InChI=1S/C15H21N3/c1-13-11-17(2)8-5-9-18(13)12-15-7-4-3-6-14(15)10-16/h3-4,6-7,13H,5,8-9,11-12H2,1-2H3. The van der Waals surface area contributed by atoms with Gasteiger partial charge in [0.1, 0.15) is 0 Å². The Balaban J connectivity index is 2.10. The van der Waals surface area contributed by atoms with E-state index in [2.05, 4.69) is 35.9 Å². The highest BCUT2D eigenvalue weighted by Gasteiger charge is 2.20. The first-order valence-electron chi connectivity index (χ1n) is 6.61. The molecule has 1 aliphatic rings. The Kier molecular flexibility index (Phi) is 4.35. The van der Waals surface area contributed by atoms with Gasteiger partial charge < -0.3 is 4.90 Å². The Labute approximate surface area is 110 Å². The van der Waals surface area contributed by atoms with Crippen LogP contribution < -0.4 is 0 Å². The lowest BCUT2D eigenvalue weighted by Gasteiger charge is -2.28. The van der Waals surface area contributed by atoms with Crippen LogP contribution in [0.1, 0.15) is 24.5 Å². The molecule has 1 aromatic rings. The van der Waals surface area contributed by atoms with Crippen molar-refractivity contribution in [2.75, 3.05) is 26.7 Å². The van der Waals surface area contributed by atoms with Gasteiger partial charge in [0.2, 0.25) is 0 Å². The Morgan fingerprint density at radius 1 is 1.33 bits per heavy atom. The molecule has 0 radical (unpaired) electrons. The number of hydrogen-bond donors (Lipinski definition) is 0. The molecule has 1 saturated heterocycles. The first-order chi connectivity index (χ1) is 8.70. The van der Waals surface area contributed by atoms with Crippen molar-refractivity contribution in [2.45, 2.75) is 25.9 Å². The van der Waals surface area contributed by atoms with Crippen molar-refractivity contribution in [3.63, 3.8) is 0 Å². The van der Waals surface area contributed by atoms with Gasteiger partial charge in [0.05, 0.1) is 11.6 Å². The van der Waals surface area contributed by atoms with Crippen LogP contribution in [0.5, 0.6) is 0 Å². The first-order valence-corrected chi connectivity index (χ1v) is 6.61. The van der Waals surface area contributed by atoms with Crippen LogP contribution in [-0.4, -0.2) is 42.5 Å². The molecule has 0 N–H and O–H groups in total. The van der Waals surface area contributed by atoms with E-state index in [1.54, 1.807) is 0 Å². The van der Waals surface area contributed by atoms with Gasteiger partial charge in [-0.3, -0.25) is 4.90 Å². The van der Waals surface area contributed by atoms with Crippen molar-refractivity contribution in [3.05, 3.63) is 35.4 Å². The SMILES string of the molecule is CC1CN(C)CCCN1Cc1ccccc1C#N. The second-order valence-corrected chi connectivity index (χ2v) is 5.20. The Hall–Kier alpha value is -1.37.